The second-order valence-corrected chi connectivity index (χ2v) is 7.93. The SMILES string of the molecule is C#CC12CCC3C(C)C(=O)C(C)CC3(C)C1=CC(=O)C(C#N)C2. The minimum absolute atomic E-state index is 0.00390. The lowest BCUT2D eigenvalue weighted by Gasteiger charge is -2.57. The van der Waals surface area contributed by atoms with Gasteiger partial charge in [0.2, 0.25) is 0 Å². The van der Waals surface area contributed by atoms with Gasteiger partial charge >= 0.3 is 0 Å². The van der Waals surface area contributed by atoms with Crippen molar-refractivity contribution >= 4 is 11.6 Å². The Labute approximate surface area is 138 Å². The molecule has 0 N–H and O–H groups in total. The van der Waals surface area contributed by atoms with Crippen molar-refractivity contribution in [1.29, 1.82) is 5.26 Å². The third-order valence-electron chi connectivity index (χ3n) is 6.71. The molecule has 120 valence electrons. The van der Waals surface area contributed by atoms with Crippen LogP contribution in [0.4, 0.5) is 0 Å². The van der Waals surface area contributed by atoms with E-state index < -0.39 is 11.3 Å². The summed E-state index contributed by atoms with van der Waals surface area (Å²) in [6.45, 7) is 6.18. The molecule has 0 bridgehead atoms. The predicted molar refractivity (Wildman–Crippen MR) is 86.9 cm³/mol. The maximum atomic E-state index is 12.4. The molecule has 3 heteroatoms. The molecular weight excluding hydrogens is 286 g/mol. The Morgan fingerprint density at radius 2 is 2.00 bits per heavy atom. The number of rotatable bonds is 0. The zero-order valence-corrected chi connectivity index (χ0v) is 14.1. The molecule has 0 aliphatic heterocycles. The largest absolute Gasteiger partial charge is 0.299 e. The highest BCUT2D eigenvalue weighted by atomic mass is 16.1. The molecule has 23 heavy (non-hydrogen) atoms. The van der Waals surface area contributed by atoms with Crippen molar-refractivity contribution in [3.05, 3.63) is 11.6 Å². The van der Waals surface area contributed by atoms with E-state index in [1.54, 1.807) is 6.08 Å². The summed E-state index contributed by atoms with van der Waals surface area (Å²) in [5.41, 5.74) is 0.318. The van der Waals surface area contributed by atoms with E-state index in [1.807, 2.05) is 13.8 Å². The fraction of sp³-hybridized carbons (Fsp3) is 0.650. The predicted octanol–water partition coefficient (Wildman–Crippen LogP) is 3.31. The van der Waals surface area contributed by atoms with Crippen LogP contribution >= 0.6 is 0 Å². The number of Topliss-reactive ketones (excluding diaryl/α,β-unsaturated/α-hetero) is 1. The lowest BCUT2D eigenvalue weighted by Crippen LogP contribution is -2.53. The van der Waals surface area contributed by atoms with Crippen LogP contribution in [0.25, 0.3) is 0 Å². The Kier molecular flexibility index (Phi) is 3.53. The number of hydrogen-bond acceptors (Lipinski definition) is 3. The Bertz CT molecular complexity index is 691. The number of fused-ring (bicyclic) bond motifs is 3. The van der Waals surface area contributed by atoms with Crippen molar-refractivity contribution in [1.82, 2.24) is 0 Å². The van der Waals surface area contributed by atoms with E-state index in [1.165, 1.54) is 0 Å². The first-order valence-electron chi connectivity index (χ1n) is 8.46. The first-order valence-corrected chi connectivity index (χ1v) is 8.46. The monoisotopic (exact) mass is 309 g/mol. The molecule has 3 aliphatic carbocycles. The second-order valence-electron chi connectivity index (χ2n) is 7.93. The van der Waals surface area contributed by atoms with Crippen LogP contribution in [-0.4, -0.2) is 11.6 Å². The van der Waals surface area contributed by atoms with Gasteiger partial charge in [-0.2, -0.15) is 5.26 Å². The maximum absolute atomic E-state index is 12.4. The summed E-state index contributed by atoms with van der Waals surface area (Å²) in [5, 5.41) is 9.26. The van der Waals surface area contributed by atoms with Gasteiger partial charge in [0.15, 0.2) is 5.78 Å². The minimum Gasteiger partial charge on any atom is -0.299 e. The normalized spacial score (nSPS) is 46.0. The summed E-state index contributed by atoms with van der Waals surface area (Å²) >= 11 is 0. The topological polar surface area (TPSA) is 57.9 Å². The smallest absolute Gasteiger partial charge is 0.172 e. The van der Waals surface area contributed by atoms with E-state index in [4.69, 9.17) is 6.42 Å². The van der Waals surface area contributed by atoms with Gasteiger partial charge in [-0.3, -0.25) is 9.59 Å². The van der Waals surface area contributed by atoms with Crippen LogP contribution in [0.15, 0.2) is 11.6 Å². The highest BCUT2D eigenvalue weighted by molar-refractivity contribution is 5.96. The molecule has 0 saturated heterocycles. The second kappa shape index (κ2) is 5.07. The molecular formula is C20H23NO2. The van der Waals surface area contributed by atoms with Crippen LogP contribution in [0, 0.1) is 58.2 Å². The summed E-state index contributed by atoms with van der Waals surface area (Å²) in [5.74, 6) is 2.77. The number of nitriles is 1. The van der Waals surface area contributed by atoms with Crippen LogP contribution < -0.4 is 0 Å². The van der Waals surface area contributed by atoms with E-state index in [0.717, 1.165) is 24.8 Å². The summed E-state index contributed by atoms with van der Waals surface area (Å²) in [7, 11) is 0. The zero-order chi connectivity index (χ0) is 17.0. The van der Waals surface area contributed by atoms with Gasteiger partial charge in [0, 0.05) is 11.8 Å². The Morgan fingerprint density at radius 1 is 1.30 bits per heavy atom. The van der Waals surface area contributed by atoms with E-state index in [2.05, 4.69) is 18.9 Å². The quantitative estimate of drug-likeness (QED) is 0.645. The molecule has 3 rings (SSSR count). The van der Waals surface area contributed by atoms with Crippen LogP contribution in [-0.2, 0) is 9.59 Å². The first kappa shape index (κ1) is 16.0. The van der Waals surface area contributed by atoms with E-state index >= 15 is 0 Å². The van der Waals surface area contributed by atoms with Crippen molar-refractivity contribution in [2.75, 3.05) is 0 Å². The van der Waals surface area contributed by atoms with E-state index in [-0.39, 0.29) is 29.0 Å². The standard InChI is InChI=1S/C20H23NO2/c1-5-20-7-6-15-13(3)18(23)12(2)9-19(15,4)17(20)8-16(22)14(10-20)11-21/h1,8,12-15H,6-7,9-10H2,2-4H3. The van der Waals surface area contributed by atoms with Crippen LogP contribution in [0.2, 0.25) is 0 Å². The third kappa shape index (κ3) is 2.03. The minimum atomic E-state index is -0.630. The van der Waals surface area contributed by atoms with Gasteiger partial charge in [0.1, 0.15) is 11.7 Å². The van der Waals surface area contributed by atoms with Gasteiger partial charge in [0.05, 0.1) is 11.5 Å². The number of hydrogen-bond donors (Lipinski definition) is 0. The fourth-order valence-electron chi connectivity index (χ4n) is 5.57. The summed E-state index contributed by atoms with van der Waals surface area (Å²) in [6.07, 6.45) is 10.4. The van der Waals surface area contributed by atoms with Gasteiger partial charge in [-0.15, -0.1) is 6.42 Å². The van der Waals surface area contributed by atoms with Crippen LogP contribution in [0.5, 0.6) is 0 Å². The fourth-order valence-corrected chi connectivity index (χ4v) is 5.57. The Balaban J connectivity index is 2.14. The average molecular weight is 309 g/mol. The highest BCUT2D eigenvalue weighted by Gasteiger charge is 2.58. The van der Waals surface area contributed by atoms with Crippen molar-refractivity contribution < 1.29 is 9.59 Å². The number of nitrogens with zero attached hydrogens (tertiary/aromatic N) is 1. The number of ketones is 2. The van der Waals surface area contributed by atoms with E-state index in [9.17, 15) is 14.9 Å². The first-order chi connectivity index (χ1) is 10.8. The molecule has 0 spiro atoms. The maximum Gasteiger partial charge on any atom is 0.172 e. The van der Waals surface area contributed by atoms with Crippen LogP contribution in [0.3, 0.4) is 0 Å². The third-order valence-corrected chi connectivity index (χ3v) is 6.71. The lowest BCUT2D eigenvalue weighted by molar-refractivity contribution is -0.137. The molecule has 3 nitrogen and oxygen atoms in total. The van der Waals surface area contributed by atoms with Gasteiger partial charge < -0.3 is 0 Å². The van der Waals surface area contributed by atoms with Gasteiger partial charge in [-0.1, -0.05) is 26.7 Å². The summed E-state index contributed by atoms with van der Waals surface area (Å²) in [6, 6.07) is 2.11. The molecule has 0 aromatic heterocycles. The molecule has 2 saturated carbocycles. The van der Waals surface area contributed by atoms with Gasteiger partial charge in [-0.25, -0.2) is 0 Å². The molecule has 6 unspecified atom stereocenters. The summed E-state index contributed by atoms with van der Waals surface area (Å²) in [4.78, 5) is 24.8. The molecule has 2 fully saturated rings. The van der Waals surface area contributed by atoms with E-state index in [0.29, 0.717) is 12.2 Å². The van der Waals surface area contributed by atoms with Crippen molar-refractivity contribution in [3.63, 3.8) is 0 Å². The number of carbonyl (C=O) groups is 2. The number of terminal acetylenes is 1. The lowest BCUT2D eigenvalue weighted by atomic mass is 9.45. The average Bonchev–Trinajstić information content (AvgIpc) is 2.53. The summed E-state index contributed by atoms with van der Waals surface area (Å²) < 4.78 is 0. The molecule has 0 heterocycles. The van der Waals surface area contributed by atoms with Gasteiger partial charge in [-0.05, 0) is 48.7 Å². The zero-order valence-electron chi connectivity index (χ0n) is 14.1. The Hall–Kier alpha value is -1.87. The van der Waals surface area contributed by atoms with Crippen LogP contribution in [0.1, 0.15) is 46.5 Å². The molecule has 0 radical (unpaired) electrons. The highest BCUT2D eigenvalue weighted by Crippen LogP contribution is 2.63. The number of carbonyl (C=O) groups excluding carboxylic acids is 2. The molecule has 0 amide bonds. The van der Waals surface area contributed by atoms with Crippen molar-refractivity contribution in [2.45, 2.75) is 46.5 Å². The Morgan fingerprint density at radius 3 is 2.61 bits per heavy atom. The molecule has 0 aromatic rings. The molecule has 6 atom stereocenters. The number of allylic oxidation sites excluding steroid dienone is 2. The van der Waals surface area contributed by atoms with Crippen molar-refractivity contribution in [2.24, 2.45) is 34.5 Å². The molecule has 3 aliphatic rings. The van der Waals surface area contributed by atoms with Crippen molar-refractivity contribution in [3.8, 4) is 18.4 Å². The van der Waals surface area contributed by atoms with Gasteiger partial charge in [0.25, 0.3) is 0 Å². The molecule has 0 aromatic carbocycles.